The second-order valence-corrected chi connectivity index (χ2v) is 11.1. The summed E-state index contributed by atoms with van der Waals surface area (Å²) in [6, 6.07) is 4.38. The van der Waals surface area contributed by atoms with Crippen molar-refractivity contribution in [2.45, 2.75) is 105 Å². The highest BCUT2D eigenvalue weighted by atomic mass is 16.3. The van der Waals surface area contributed by atoms with Gasteiger partial charge < -0.3 is 10.2 Å². The molecule has 186 valence electrons. The lowest BCUT2D eigenvalue weighted by molar-refractivity contribution is 0.450. The molecule has 0 fully saturated rings. The molecule has 0 aliphatic carbocycles. The van der Waals surface area contributed by atoms with E-state index in [1.807, 2.05) is 26.0 Å². The summed E-state index contributed by atoms with van der Waals surface area (Å²) in [6.45, 7) is 27.8. The molecule has 0 spiro atoms. The van der Waals surface area contributed by atoms with Crippen molar-refractivity contribution in [1.82, 2.24) is 0 Å². The van der Waals surface area contributed by atoms with Gasteiger partial charge in [0.25, 0.3) is 0 Å². The largest absolute Gasteiger partial charge is 0.507 e. The van der Waals surface area contributed by atoms with Crippen LogP contribution in [-0.4, -0.2) is 10.2 Å². The first-order valence-electron chi connectivity index (χ1n) is 12.8. The molecule has 0 radical (unpaired) electrons. The standard InChI is InChI=1S/C32H46O2/c1-12-17-24(25-18-20(6)29(33)22(13-2)27(25)31(8,9)15-4)26-19-21(7)30(34)23(14-3)28(26)32(10,11)16-5/h13-14,18-19,24,33-34H,2-3,12,15-17H2,1,4-11H3. The van der Waals surface area contributed by atoms with Crippen LogP contribution in [-0.2, 0) is 10.8 Å². The van der Waals surface area contributed by atoms with Crippen LogP contribution in [0.2, 0.25) is 0 Å². The van der Waals surface area contributed by atoms with Gasteiger partial charge in [-0.1, -0.05) is 92.3 Å². The number of rotatable bonds is 10. The normalized spacial score (nSPS) is 12.3. The van der Waals surface area contributed by atoms with Gasteiger partial charge in [0.05, 0.1) is 0 Å². The van der Waals surface area contributed by atoms with Gasteiger partial charge in [-0.25, -0.2) is 0 Å². The van der Waals surface area contributed by atoms with Crippen LogP contribution in [0.1, 0.15) is 125 Å². The molecule has 0 aliphatic rings. The van der Waals surface area contributed by atoms with E-state index >= 15 is 0 Å². The number of aromatic hydroxyl groups is 2. The Balaban J connectivity index is 3.14. The van der Waals surface area contributed by atoms with Crippen LogP contribution in [0, 0.1) is 13.8 Å². The van der Waals surface area contributed by atoms with Crippen molar-refractivity contribution in [1.29, 1.82) is 0 Å². The van der Waals surface area contributed by atoms with Gasteiger partial charge in [0.1, 0.15) is 11.5 Å². The fourth-order valence-electron chi connectivity index (χ4n) is 5.30. The van der Waals surface area contributed by atoms with E-state index in [2.05, 4.69) is 73.8 Å². The second kappa shape index (κ2) is 10.4. The highest BCUT2D eigenvalue weighted by Gasteiger charge is 2.34. The van der Waals surface area contributed by atoms with Crippen molar-refractivity contribution < 1.29 is 10.2 Å². The molecule has 2 nitrogen and oxygen atoms in total. The molecule has 0 atom stereocenters. The predicted molar refractivity (Wildman–Crippen MR) is 149 cm³/mol. The van der Waals surface area contributed by atoms with Crippen LogP contribution >= 0.6 is 0 Å². The zero-order chi connectivity index (χ0) is 26.0. The summed E-state index contributed by atoms with van der Waals surface area (Å²) >= 11 is 0. The van der Waals surface area contributed by atoms with Crippen molar-refractivity contribution in [2.75, 3.05) is 0 Å². The fourth-order valence-corrected chi connectivity index (χ4v) is 5.30. The van der Waals surface area contributed by atoms with Crippen molar-refractivity contribution >= 4 is 12.2 Å². The maximum Gasteiger partial charge on any atom is 0.125 e. The molecule has 0 aromatic heterocycles. The number of benzene rings is 2. The smallest absolute Gasteiger partial charge is 0.125 e. The second-order valence-electron chi connectivity index (χ2n) is 11.1. The molecule has 0 saturated heterocycles. The maximum atomic E-state index is 11.0. The average Bonchev–Trinajstić information content (AvgIpc) is 2.80. The van der Waals surface area contributed by atoms with E-state index in [4.69, 9.17) is 0 Å². The third-order valence-corrected chi connectivity index (χ3v) is 7.98. The van der Waals surface area contributed by atoms with E-state index < -0.39 is 0 Å². The van der Waals surface area contributed by atoms with Crippen LogP contribution in [0.3, 0.4) is 0 Å². The lowest BCUT2D eigenvalue weighted by Crippen LogP contribution is -2.25. The van der Waals surface area contributed by atoms with Gasteiger partial charge in [0.15, 0.2) is 0 Å². The number of phenolic OH excluding ortho intramolecular Hbond substituents is 2. The van der Waals surface area contributed by atoms with Crippen molar-refractivity contribution in [2.24, 2.45) is 0 Å². The minimum atomic E-state index is -0.135. The summed E-state index contributed by atoms with van der Waals surface area (Å²) in [7, 11) is 0. The average molecular weight is 463 g/mol. The Morgan fingerprint density at radius 1 is 0.765 bits per heavy atom. The summed E-state index contributed by atoms with van der Waals surface area (Å²) in [6.07, 6.45) is 7.52. The van der Waals surface area contributed by atoms with Crippen LogP contribution in [0.15, 0.2) is 25.3 Å². The zero-order valence-corrected chi connectivity index (χ0v) is 23.0. The molecule has 0 saturated carbocycles. The zero-order valence-electron chi connectivity index (χ0n) is 23.0. The molecule has 34 heavy (non-hydrogen) atoms. The van der Waals surface area contributed by atoms with Crippen molar-refractivity contribution in [3.05, 3.63) is 69.8 Å². The first-order chi connectivity index (χ1) is 15.8. The summed E-state index contributed by atoms with van der Waals surface area (Å²) in [5.41, 5.74) is 8.04. The van der Waals surface area contributed by atoms with Gasteiger partial charge in [0, 0.05) is 17.0 Å². The van der Waals surface area contributed by atoms with Gasteiger partial charge in [-0.05, 0) is 77.3 Å². The minimum Gasteiger partial charge on any atom is -0.507 e. The Bertz CT molecular complexity index is 986. The van der Waals surface area contributed by atoms with E-state index in [-0.39, 0.29) is 16.7 Å². The molecule has 2 aromatic carbocycles. The van der Waals surface area contributed by atoms with E-state index in [0.29, 0.717) is 11.5 Å². The van der Waals surface area contributed by atoms with Gasteiger partial charge in [-0.3, -0.25) is 0 Å². The highest BCUT2D eigenvalue weighted by Crippen LogP contribution is 2.49. The summed E-state index contributed by atoms with van der Waals surface area (Å²) < 4.78 is 0. The van der Waals surface area contributed by atoms with Gasteiger partial charge in [-0.2, -0.15) is 0 Å². The molecule has 2 rings (SSSR count). The summed E-state index contributed by atoms with van der Waals surface area (Å²) in [5, 5.41) is 22.0. The van der Waals surface area contributed by atoms with Crippen LogP contribution in [0.5, 0.6) is 11.5 Å². The van der Waals surface area contributed by atoms with E-state index in [0.717, 1.165) is 47.9 Å². The molecule has 2 heteroatoms. The van der Waals surface area contributed by atoms with E-state index in [1.165, 1.54) is 22.3 Å². The molecular formula is C32H46O2. The molecule has 2 aromatic rings. The summed E-state index contributed by atoms with van der Waals surface area (Å²) in [4.78, 5) is 0. The third-order valence-electron chi connectivity index (χ3n) is 7.98. The Labute approximate surface area is 208 Å². The Hall–Kier alpha value is -2.48. The lowest BCUT2D eigenvalue weighted by atomic mass is 9.68. The number of aryl methyl sites for hydroxylation is 2. The Kier molecular flexibility index (Phi) is 8.51. The molecule has 0 amide bonds. The van der Waals surface area contributed by atoms with Crippen LogP contribution in [0.25, 0.3) is 12.2 Å². The fraction of sp³-hybridized carbons (Fsp3) is 0.500. The molecule has 2 N–H and O–H groups in total. The number of hydrogen-bond donors (Lipinski definition) is 2. The van der Waals surface area contributed by atoms with E-state index in [1.54, 1.807) is 0 Å². The van der Waals surface area contributed by atoms with E-state index in [9.17, 15) is 10.2 Å². The monoisotopic (exact) mass is 462 g/mol. The lowest BCUT2D eigenvalue weighted by Gasteiger charge is -2.36. The van der Waals surface area contributed by atoms with Crippen LogP contribution in [0.4, 0.5) is 0 Å². The highest BCUT2D eigenvalue weighted by molar-refractivity contribution is 5.70. The molecule has 0 unspecified atom stereocenters. The summed E-state index contributed by atoms with van der Waals surface area (Å²) in [5.74, 6) is 0.782. The van der Waals surface area contributed by atoms with Gasteiger partial charge in [0.2, 0.25) is 0 Å². The molecule has 0 bridgehead atoms. The van der Waals surface area contributed by atoms with Gasteiger partial charge >= 0.3 is 0 Å². The third kappa shape index (κ3) is 4.83. The predicted octanol–water partition coefficient (Wildman–Crippen LogP) is 9.31. The Morgan fingerprint density at radius 2 is 1.12 bits per heavy atom. The quantitative estimate of drug-likeness (QED) is 0.369. The minimum absolute atomic E-state index is 0.127. The first-order valence-corrected chi connectivity index (χ1v) is 12.8. The number of hydrogen-bond acceptors (Lipinski definition) is 2. The molecular weight excluding hydrogens is 416 g/mol. The molecule has 0 heterocycles. The van der Waals surface area contributed by atoms with Crippen molar-refractivity contribution in [3.8, 4) is 11.5 Å². The van der Waals surface area contributed by atoms with Crippen molar-refractivity contribution in [3.63, 3.8) is 0 Å². The van der Waals surface area contributed by atoms with Gasteiger partial charge in [-0.15, -0.1) is 0 Å². The number of phenols is 2. The topological polar surface area (TPSA) is 40.5 Å². The first kappa shape index (κ1) is 27.8. The van der Waals surface area contributed by atoms with Crippen LogP contribution < -0.4 is 0 Å². The SMILES string of the molecule is C=Cc1c(O)c(C)cc(C(CCC)c2cc(C)c(O)c(C=C)c2C(C)(C)CC)c1C(C)(C)CC. The Morgan fingerprint density at radius 3 is 1.38 bits per heavy atom. The molecule has 0 aliphatic heterocycles. The maximum absolute atomic E-state index is 11.0.